The number of fused-ring (bicyclic) bond motifs is 1. The Labute approximate surface area is 266 Å². The molecule has 2 heterocycles. The molecule has 0 fully saturated rings. The number of H-pyrrole nitrogens is 2. The predicted octanol–water partition coefficient (Wildman–Crippen LogP) is 7.13. The standard InChI is InChI=1S/C33H31F2IN4O4/c1-33(12-3-6-21(41)17-37,19-4-2-5-20(36)14-19)29-18-39-32(40-29)25-15-22(7-9-26(25)34)44-31-24(8-10-30(42)43)23-11-13-38-28(23)16-27(31)35/h2,4-5,7-11,13-16,18,21,38,41H,3,6,12,17,37H2,1H3,(H,39,40)(H,42,43)/b10-8+. The van der Waals surface area contributed by atoms with Crippen LogP contribution < -0.4 is 10.5 Å². The number of aliphatic hydroxyl groups excluding tert-OH is 1. The summed E-state index contributed by atoms with van der Waals surface area (Å²) in [6, 6.07) is 15.0. The smallest absolute Gasteiger partial charge is 0.328 e. The second-order valence-corrected chi connectivity index (χ2v) is 12.0. The number of carbonyl (C=O) groups is 1. The zero-order chi connectivity index (χ0) is 31.4. The van der Waals surface area contributed by atoms with E-state index < -0.39 is 29.1 Å². The van der Waals surface area contributed by atoms with Gasteiger partial charge in [-0.2, -0.15) is 0 Å². The number of rotatable bonds is 12. The highest BCUT2D eigenvalue weighted by Gasteiger charge is 2.31. The molecule has 2 atom stereocenters. The Morgan fingerprint density at radius 3 is 2.75 bits per heavy atom. The number of hydrogen-bond donors (Lipinski definition) is 5. The summed E-state index contributed by atoms with van der Waals surface area (Å²) >= 11 is 2.26. The number of aromatic amines is 2. The number of aliphatic hydroxyl groups is 1. The number of carboxylic acids is 1. The number of imidazole rings is 1. The van der Waals surface area contributed by atoms with E-state index in [4.69, 9.17) is 10.5 Å². The minimum Gasteiger partial charge on any atom is -0.478 e. The lowest BCUT2D eigenvalue weighted by molar-refractivity contribution is -0.131. The average molecular weight is 713 g/mol. The van der Waals surface area contributed by atoms with Crippen molar-refractivity contribution in [3.8, 4) is 22.9 Å². The lowest BCUT2D eigenvalue weighted by Crippen LogP contribution is -2.26. The Morgan fingerprint density at radius 1 is 1.18 bits per heavy atom. The fourth-order valence-corrected chi connectivity index (χ4v) is 5.83. The van der Waals surface area contributed by atoms with E-state index >= 15 is 8.78 Å². The number of nitrogens with zero attached hydrogens (tertiary/aromatic N) is 1. The summed E-state index contributed by atoms with van der Waals surface area (Å²) < 4.78 is 37.5. The first-order chi connectivity index (χ1) is 21.1. The summed E-state index contributed by atoms with van der Waals surface area (Å²) in [5, 5.41) is 19.8. The highest BCUT2D eigenvalue weighted by Crippen LogP contribution is 2.39. The monoisotopic (exact) mass is 712 g/mol. The topological polar surface area (TPSA) is 137 Å². The highest BCUT2D eigenvalue weighted by molar-refractivity contribution is 14.1. The molecule has 228 valence electrons. The van der Waals surface area contributed by atoms with Gasteiger partial charge in [-0.25, -0.2) is 18.6 Å². The minimum absolute atomic E-state index is 0.114. The number of ether oxygens (including phenoxy) is 1. The molecule has 0 saturated carbocycles. The number of hydrogen-bond acceptors (Lipinski definition) is 5. The molecule has 2 aromatic heterocycles. The van der Waals surface area contributed by atoms with Crippen LogP contribution in [0.1, 0.15) is 43.0 Å². The second kappa shape index (κ2) is 13.3. The second-order valence-electron chi connectivity index (χ2n) is 10.7. The van der Waals surface area contributed by atoms with Crippen LogP contribution in [0.25, 0.3) is 28.4 Å². The van der Waals surface area contributed by atoms with Crippen LogP contribution in [0.15, 0.2) is 73.1 Å². The van der Waals surface area contributed by atoms with Gasteiger partial charge in [0.15, 0.2) is 11.6 Å². The van der Waals surface area contributed by atoms with Crippen molar-refractivity contribution in [2.75, 3.05) is 6.54 Å². The molecule has 0 amide bonds. The van der Waals surface area contributed by atoms with Crippen LogP contribution in [0.3, 0.4) is 0 Å². The molecule has 5 rings (SSSR count). The first-order valence-electron chi connectivity index (χ1n) is 14.0. The number of benzene rings is 3. The normalized spacial score (nSPS) is 13.8. The molecular weight excluding hydrogens is 681 g/mol. The zero-order valence-corrected chi connectivity index (χ0v) is 25.9. The summed E-state index contributed by atoms with van der Waals surface area (Å²) in [4.78, 5) is 21.9. The molecule has 0 radical (unpaired) electrons. The number of halogens is 3. The van der Waals surface area contributed by atoms with Gasteiger partial charge in [0.2, 0.25) is 0 Å². The summed E-state index contributed by atoms with van der Waals surface area (Å²) in [6.07, 6.45) is 6.77. The number of nitrogens with one attached hydrogen (secondary N) is 2. The summed E-state index contributed by atoms with van der Waals surface area (Å²) in [6.45, 7) is 2.26. The van der Waals surface area contributed by atoms with Crippen LogP contribution in [0, 0.1) is 15.2 Å². The van der Waals surface area contributed by atoms with E-state index in [2.05, 4.69) is 50.5 Å². The molecule has 8 nitrogen and oxygen atoms in total. The van der Waals surface area contributed by atoms with Crippen molar-refractivity contribution >= 4 is 45.5 Å². The highest BCUT2D eigenvalue weighted by atomic mass is 127. The lowest BCUT2D eigenvalue weighted by atomic mass is 9.75. The van der Waals surface area contributed by atoms with Crippen molar-refractivity contribution < 1.29 is 28.5 Å². The fourth-order valence-electron chi connectivity index (χ4n) is 5.28. The van der Waals surface area contributed by atoms with Gasteiger partial charge in [-0.3, -0.25) is 0 Å². The molecular formula is C33H31F2IN4O4. The molecule has 0 bridgehead atoms. The quantitative estimate of drug-likeness (QED) is 0.0690. The summed E-state index contributed by atoms with van der Waals surface area (Å²) in [5.41, 5.74) is 7.68. The van der Waals surface area contributed by atoms with Gasteiger partial charge in [-0.1, -0.05) is 12.1 Å². The van der Waals surface area contributed by atoms with E-state index in [1.807, 2.05) is 18.2 Å². The van der Waals surface area contributed by atoms with E-state index in [-0.39, 0.29) is 35.0 Å². The van der Waals surface area contributed by atoms with E-state index in [0.717, 1.165) is 20.9 Å². The molecule has 0 aliphatic heterocycles. The van der Waals surface area contributed by atoms with E-state index in [1.54, 1.807) is 18.5 Å². The van der Waals surface area contributed by atoms with Gasteiger partial charge in [-0.15, -0.1) is 0 Å². The molecule has 0 spiro atoms. The first kappa shape index (κ1) is 31.4. The number of carboxylic acid groups (broad SMARTS) is 1. The Bertz CT molecular complexity index is 1840. The maximum atomic E-state index is 15.2. The van der Waals surface area contributed by atoms with Gasteiger partial charge in [0.1, 0.15) is 17.4 Å². The number of nitrogens with two attached hydrogens (primary N) is 1. The third-order valence-corrected chi connectivity index (χ3v) is 8.40. The zero-order valence-electron chi connectivity index (χ0n) is 23.8. The third kappa shape index (κ3) is 6.69. The molecule has 3 aromatic carbocycles. The number of aliphatic carboxylic acids is 1. The van der Waals surface area contributed by atoms with Crippen molar-refractivity contribution in [3.05, 3.63) is 105 Å². The van der Waals surface area contributed by atoms with Gasteiger partial charge in [-0.05, 0) is 96.8 Å². The predicted molar refractivity (Wildman–Crippen MR) is 174 cm³/mol. The average Bonchev–Trinajstić information content (AvgIpc) is 3.68. The lowest BCUT2D eigenvalue weighted by Gasteiger charge is -2.30. The largest absolute Gasteiger partial charge is 0.478 e. The van der Waals surface area contributed by atoms with Crippen molar-refractivity contribution in [1.29, 1.82) is 0 Å². The molecule has 11 heteroatoms. The van der Waals surface area contributed by atoms with E-state index in [9.17, 15) is 15.0 Å². The van der Waals surface area contributed by atoms with E-state index in [1.165, 1.54) is 30.3 Å². The van der Waals surface area contributed by atoms with E-state index in [0.29, 0.717) is 30.2 Å². The van der Waals surface area contributed by atoms with Crippen molar-refractivity contribution in [2.24, 2.45) is 5.73 Å². The Balaban J connectivity index is 1.51. The van der Waals surface area contributed by atoms with Gasteiger partial charge in [0, 0.05) is 62.2 Å². The Kier molecular flexibility index (Phi) is 9.47. The molecule has 6 N–H and O–H groups in total. The first-order valence-corrected chi connectivity index (χ1v) is 15.0. The summed E-state index contributed by atoms with van der Waals surface area (Å²) in [7, 11) is 0. The Morgan fingerprint density at radius 2 is 2.00 bits per heavy atom. The molecule has 0 aliphatic carbocycles. The third-order valence-electron chi connectivity index (χ3n) is 7.73. The molecule has 0 aliphatic rings. The minimum atomic E-state index is -1.20. The van der Waals surface area contributed by atoms with Crippen LogP contribution in [-0.4, -0.2) is 43.8 Å². The van der Waals surface area contributed by atoms with Gasteiger partial charge < -0.3 is 30.7 Å². The van der Waals surface area contributed by atoms with Crippen molar-refractivity contribution in [2.45, 2.75) is 37.7 Å². The number of aromatic nitrogens is 3. The summed E-state index contributed by atoms with van der Waals surface area (Å²) in [5.74, 6) is -2.28. The van der Waals surface area contributed by atoms with Crippen LogP contribution >= 0.6 is 22.6 Å². The maximum absolute atomic E-state index is 15.2. The van der Waals surface area contributed by atoms with Gasteiger partial charge in [0.05, 0.1) is 11.7 Å². The van der Waals surface area contributed by atoms with Crippen LogP contribution in [0.4, 0.5) is 8.78 Å². The fraction of sp³-hybridized carbons (Fsp3) is 0.212. The van der Waals surface area contributed by atoms with Crippen LogP contribution in [-0.2, 0) is 10.2 Å². The molecule has 2 unspecified atom stereocenters. The van der Waals surface area contributed by atoms with Gasteiger partial charge >= 0.3 is 5.97 Å². The molecule has 0 saturated heterocycles. The van der Waals surface area contributed by atoms with Crippen molar-refractivity contribution in [1.82, 2.24) is 15.0 Å². The Hall–Kier alpha value is -4.07. The van der Waals surface area contributed by atoms with Crippen LogP contribution in [0.2, 0.25) is 0 Å². The van der Waals surface area contributed by atoms with Crippen molar-refractivity contribution in [3.63, 3.8) is 0 Å². The maximum Gasteiger partial charge on any atom is 0.328 e. The molecule has 44 heavy (non-hydrogen) atoms. The molecule has 5 aromatic rings. The van der Waals surface area contributed by atoms with Gasteiger partial charge in [0.25, 0.3) is 0 Å². The SMILES string of the molecule is CC(CCCC(O)CN)(c1cccc(I)c1)c1cnc(-c2cc(Oc3c(F)cc4[nH]ccc4c3/C=C/C(=O)O)ccc2F)[nH]1. The van der Waals surface area contributed by atoms with Crippen LogP contribution in [0.5, 0.6) is 11.5 Å².